The molecule has 32 heavy (non-hydrogen) atoms. The molecule has 2 aromatic rings. The van der Waals surface area contributed by atoms with Gasteiger partial charge in [0.25, 0.3) is 0 Å². The number of anilines is 4. The number of hydrogen-bond acceptors (Lipinski definition) is 9. The summed E-state index contributed by atoms with van der Waals surface area (Å²) in [6, 6.07) is 6.93. The van der Waals surface area contributed by atoms with E-state index in [-0.39, 0.29) is 29.2 Å². The van der Waals surface area contributed by atoms with Gasteiger partial charge in [-0.1, -0.05) is 12.1 Å². The molecule has 0 aliphatic carbocycles. The Bertz CT molecular complexity index is 1010. The van der Waals surface area contributed by atoms with Crippen LogP contribution in [0.15, 0.2) is 24.3 Å². The third kappa shape index (κ3) is 5.48. The molecule has 1 aromatic heterocycles. The van der Waals surface area contributed by atoms with Crippen molar-refractivity contribution < 1.29 is 24.2 Å². The first-order valence-electron chi connectivity index (χ1n) is 10.1. The molecule has 1 aliphatic heterocycles. The van der Waals surface area contributed by atoms with Crippen LogP contribution in [0.25, 0.3) is 0 Å². The molecular weight excluding hydrogens is 416 g/mol. The van der Waals surface area contributed by atoms with Crippen LogP contribution in [0.1, 0.15) is 37.7 Å². The van der Waals surface area contributed by atoms with Gasteiger partial charge in [0, 0.05) is 19.1 Å². The molecule has 1 amide bonds. The fraction of sp³-hybridized carbons (Fsp3) is 0.429. The number of methoxy groups -OCH3 is 1. The van der Waals surface area contributed by atoms with Gasteiger partial charge in [-0.15, -0.1) is 0 Å². The van der Waals surface area contributed by atoms with Crippen molar-refractivity contribution in [2.75, 3.05) is 36.6 Å². The molecule has 11 heteroatoms. The highest BCUT2D eigenvalue weighted by Gasteiger charge is 2.30. The standard InChI is InChI=1S/C21H28N6O5/c1-21(2,3)32-20(30)27-10-9-12(11-27)23-19-25-16(18(28)29)15(22)17(26-19)24-13-7-5-6-8-14(13)31-4/h5-8,12H,9-11,22H2,1-4H3,(H,28,29)(H2,23,24,25,26). The molecule has 0 bridgehead atoms. The van der Waals surface area contributed by atoms with Gasteiger partial charge in [-0.3, -0.25) is 0 Å². The summed E-state index contributed by atoms with van der Waals surface area (Å²) < 4.78 is 10.7. The predicted molar refractivity (Wildman–Crippen MR) is 120 cm³/mol. The van der Waals surface area contributed by atoms with Crippen molar-refractivity contribution in [3.05, 3.63) is 30.0 Å². The normalized spacial score (nSPS) is 15.9. The topological polar surface area (TPSA) is 152 Å². The SMILES string of the molecule is COc1ccccc1Nc1nc(NC2CCN(C(=O)OC(C)(C)C)C2)nc(C(=O)O)c1N. The number of carboxylic acids is 1. The monoisotopic (exact) mass is 444 g/mol. The number of nitrogen functional groups attached to an aromatic ring is 1. The lowest BCUT2D eigenvalue weighted by Gasteiger charge is -2.24. The number of amides is 1. The zero-order valence-corrected chi connectivity index (χ0v) is 18.5. The number of nitrogens with one attached hydrogen (secondary N) is 2. The van der Waals surface area contributed by atoms with E-state index in [1.54, 1.807) is 29.2 Å². The maximum atomic E-state index is 12.3. The Morgan fingerprint density at radius 2 is 1.97 bits per heavy atom. The van der Waals surface area contributed by atoms with E-state index >= 15 is 0 Å². The minimum absolute atomic E-state index is 0.0880. The summed E-state index contributed by atoms with van der Waals surface area (Å²) in [6.07, 6.45) is 0.231. The number of benzene rings is 1. The van der Waals surface area contributed by atoms with Crippen LogP contribution < -0.4 is 21.1 Å². The third-order valence-corrected chi connectivity index (χ3v) is 4.68. The van der Waals surface area contributed by atoms with Gasteiger partial charge in [0.05, 0.1) is 12.8 Å². The molecule has 0 radical (unpaired) electrons. The van der Waals surface area contributed by atoms with E-state index in [4.69, 9.17) is 15.2 Å². The molecule has 1 saturated heterocycles. The van der Waals surface area contributed by atoms with Gasteiger partial charge in [-0.05, 0) is 39.3 Å². The van der Waals surface area contributed by atoms with Crippen molar-refractivity contribution in [2.45, 2.75) is 38.8 Å². The van der Waals surface area contributed by atoms with E-state index in [9.17, 15) is 14.7 Å². The molecular formula is C21H28N6O5. The van der Waals surface area contributed by atoms with Crippen molar-refractivity contribution in [1.82, 2.24) is 14.9 Å². The van der Waals surface area contributed by atoms with E-state index in [0.717, 1.165) is 0 Å². The van der Waals surface area contributed by atoms with Gasteiger partial charge >= 0.3 is 12.1 Å². The molecule has 2 heterocycles. The highest BCUT2D eigenvalue weighted by Crippen LogP contribution is 2.31. The minimum Gasteiger partial charge on any atom is -0.495 e. The molecule has 1 atom stereocenters. The number of aromatic carboxylic acids is 1. The van der Waals surface area contributed by atoms with Crippen LogP contribution in [0.5, 0.6) is 5.75 Å². The molecule has 3 rings (SSSR count). The summed E-state index contributed by atoms with van der Waals surface area (Å²) in [4.78, 5) is 34.0. The van der Waals surface area contributed by atoms with Crippen LogP contribution in [0.2, 0.25) is 0 Å². The average molecular weight is 444 g/mol. The number of hydrogen-bond donors (Lipinski definition) is 4. The van der Waals surface area contributed by atoms with E-state index in [1.807, 2.05) is 20.8 Å². The van der Waals surface area contributed by atoms with Crippen molar-refractivity contribution >= 4 is 35.2 Å². The molecule has 5 N–H and O–H groups in total. The Morgan fingerprint density at radius 3 is 2.62 bits per heavy atom. The Morgan fingerprint density at radius 1 is 1.25 bits per heavy atom. The number of likely N-dealkylation sites (tertiary alicyclic amines) is 1. The van der Waals surface area contributed by atoms with Crippen LogP contribution in [-0.4, -0.2) is 63.9 Å². The van der Waals surface area contributed by atoms with Crippen molar-refractivity contribution in [2.24, 2.45) is 0 Å². The molecule has 0 saturated carbocycles. The first-order chi connectivity index (χ1) is 15.1. The van der Waals surface area contributed by atoms with Crippen LogP contribution >= 0.6 is 0 Å². The van der Waals surface area contributed by atoms with Gasteiger partial charge in [-0.25, -0.2) is 14.6 Å². The second kappa shape index (κ2) is 9.16. The molecule has 1 aliphatic rings. The Balaban J connectivity index is 1.80. The zero-order chi connectivity index (χ0) is 23.5. The minimum atomic E-state index is -1.28. The number of carbonyl (C=O) groups excluding carboxylic acids is 1. The maximum absolute atomic E-state index is 12.3. The van der Waals surface area contributed by atoms with Crippen molar-refractivity contribution in [1.29, 1.82) is 0 Å². The third-order valence-electron chi connectivity index (χ3n) is 4.68. The Kier molecular flexibility index (Phi) is 6.56. The lowest BCUT2D eigenvalue weighted by atomic mass is 10.2. The second-order valence-electron chi connectivity index (χ2n) is 8.34. The number of nitrogens with two attached hydrogens (primary N) is 1. The number of rotatable bonds is 6. The number of carboxylic acid groups (broad SMARTS) is 1. The van der Waals surface area contributed by atoms with Crippen LogP contribution in [-0.2, 0) is 4.74 Å². The summed E-state index contributed by atoms with van der Waals surface area (Å²) in [7, 11) is 1.52. The van der Waals surface area contributed by atoms with Crippen LogP contribution in [0.3, 0.4) is 0 Å². The fourth-order valence-corrected chi connectivity index (χ4v) is 3.22. The lowest BCUT2D eigenvalue weighted by Crippen LogP contribution is -2.36. The number of para-hydroxylation sites is 2. The van der Waals surface area contributed by atoms with Gasteiger partial charge in [0.15, 0.2) is 11.5 Å². The average Bonchev–Trinajstić information content (AvgIpc) is 3.18. The number of ether oxygens (including phenoxy) is 2. The maximum Gasteiger partial charge on any atom is 0.410 e. The van der Waals surface area contributed by atoms with E-state index < -0.39 is 17.7 Å². The van der Waals surface area contributed by atoms with Crippen molar-refractivity contribution in [3.63, 3.8) is 0 Å². The van der Waals surface area contributed by atoms with Crippen LogP contribution in [0, 0.1) is 0 Å². The largest absolute Gasteiger partial charge is 0.495 e. The lowest BCUT2D eigenvalue weighted by molar-refractivity contribution is 0.0293. The van der Waals surface area contributed by atoms with Crippen molar-refractivity contribution in [3.8, 4) is 5.75 Å². The molecule has 1 unspecified atom stereocenters. The van der Waals surface area contributed by atoms with Crippen LogP contribution in [0.4, 0.5) is 27.9 Å². The smallest absolute Gasteiger partial charge is 0.410 e. The summed E-state index contributed by atoms with van der Waals surface area (Å²) in [5.74, 6) is -0.519. The first-order valence-corrected chi connectivity index (χ1v) is 10.1. The number of carbonyl (C=O) groups is 2. The fourth-order valence-electron chi connectivity index (χ4n) is 3.22. The zero-order valence-electron chi connectivity index (χ0n) is 18.5. The molecule has 11 nitrogen and oxygen atoms in total. The summed E-state index contributed by atoms with van der Waals surface area (Å²) in [6.45, 7) is 6.30. The van der Waals surface area contributed by atoms with Gasteiger partial charge in [-0.2, -0.15) is 4.98 Å². The second-order valence-corrected chi connectivity index (χ2v) is 8.34. The molecule has 0 spiro atoms. The molecule has 172 valence electrons. The molecule has 1 fully saturated rings. The summed E-state index contributed by atoms with van der Waals surface area (Å²) in [5, 5.41) is 15.7. The van der Waals surface area contributed by atoms with E-state index in [1.165, 1.54) is 7.11 Å². The number of nitrogens with zero attached hydrogens (tertiary/aromatic N) is 3. The predicted octanol–water partition coefficient (Wildman–Crippen LogP) is 2.93. The van der Waals surface area contributed by atoms with Gasteiger partial charge in [0.2, 0.25) is 5.95 Å². The van der Waals surface area contributed by atoms with Gasteiger partial charge < -0.3 is 35.8 Å². The Labute approximate surface area is 185 Å². The highest BCUT2D eigenvalue weighted by atomic mass is 16.6. The quantitative estimate of drug-likeness (QED) is 0.523. The first kappa shape index (κ1) is 22.9. The van der Waals surface area contributed by atoms with Gasteiger partial charge in [0.1, 0.15) is 17.0 Å². The Hall–Kier alpha value is -3.76. The van der Waals surface area contributed by atoms with E-state index in [0.29, 0.717) is 30.9 Å². The summed E-state index contributed by atoms with van der Waals surface area (Å²) in [5.41, 5.74) is 5.57. The number of aromatic nitrogens is 2. The highest BCUT2D eigenvalue weighted by molar-refractivity contribution is 5.95. The summed E-state index contributed by atoms with van der Waals surface area (Å²) >= 11 is 0. The van der Waals surface area contributed by atoms with E-state index in [2.05, 4.69) is 20.6 Å². The molecule has 1 aromatic carbocycles.